The molecule has 29 heavy (non-hydrogen) atoms. The van der Waals surface area contributed by atoms with E-state index in [4.69, 9.17) is 9.15 Å². The van der Waals surface area contributed by atoms with Crippen LogP contribution in [0.25, 0.3) is 17.1 Å². The minimum absolute atomic E-state index is 0.112. The van der Waals surface area contributed by atoms with E-state index in [-0.39, 0.29) is 17.8 Å². The summed E-state index contributed by atoms with van der Waals surface area (Å²) in [5.41, 5.74) is 1.86. The molecule has 7 heteroatoms. The van der Waals surface area contributed by atoms with Crippen molar-refractivity contribution < 1.29 is 18.7 Å². The van der Waals surface area contributed by atoms with Gasteiger partial charge in [0.15, 0.2) is 5.76 Å². The molecule has 0 radical (unpaired) electrons. The highest BCUT2D eigenvalue weighted by Gasteiger charge is 2.31. The molecule has 7 nitrogen and oxygen atoms in total. The van der Waals surface area contributed by atoms with Crippen molar-refractivity contribution in [3.8, 4) is 17.1 Å². The van der Waals surface area contributed by atoms with E-state index in [0.717, 1.165) is 11.4 Å². The molecule has 3 heterocycles. The predicted molar refractivity (Wildman–Crippen MR) is 107 cm³/mol. The Labute approximate surface area is 168 Å². The first-order valence-electron chi connectivity index (χ1n) is 9.66. The number of amides is 1. The number of hydrogen-bond donors (Lipinski definition) is 0. The Morgan fingerprint density at radius 1 is 1.10 bits per heavy atom. The van der Waals surface area contributed by atoms with Crippen LogP contribution in [0, 0.1) is 12.8 Å². The Morgan fingerprint density at radius 2 is 1.83 bits per heavy atom. The Kier molecular flexibility index (Phi) is 5.20. The number of ether oxygens (including phenoxy) is 1. The summed E-state index contributed by atoms with van der Waals surface area (Å²) in [4.78, 5) is 26.8. The van der Waals surface area contributed by atoms with Crippen LogP contribution < -0.4 is 0 Å². The number of piperidine rings is 1. The largest absolute Gasteiger partial charge is 0.469 e. The van der Waals surface area contributed by atoms with Crippen molar-refractivity contribution >= 4 is 11.9 Å². The molecule has 0 unspecified atom stereocenters. The Hall–Kier alpha value is -3.35. The topological polar surface area (TPSA) is 77.6 Å². The molecule has 1 aliphatic rings. The maximum absolute atomic E-state index is 13.3. The summed E-state index contributed by atoms with van der Waals surface area (Å²) < 4.78 is 12.3. The van der Waals surface area contributed by atoms with Crippen LogP contribution in [0.5, 0.6) is 0 Å². The van der Waals surface area contributed by atoms with E-state index in [1.165, 1.54) is 7.11 Å². The van der Waals surface area contributed by atoms with Crippen molar-refractivity contribution in [1.29, 1.82) is 0 Å². The molecule has 1 fully saturated rings. The van der Waals surface area contributed by atoms with Gasteiger partial charge in [-0.1, -0.05) is 18.2 Å². The van der Waals surface area contributed by atoms with Gasteiger partial charge in [0.2, 0.25) is 0 Å². The van der Waals surface area contributed by atoms with Gasteiger partial charge in [-0.05, 0) is 44.0 Å². The molecule has 1 saturated heterocycles. The zero-order valence-corrected chi connectivity index (χ0v) is 16.5. The molecule has 0 bridgehead atoms. The van der Waals surface area contributed by atoms with Crippen LogP contribution >= 0.6 is 0 Å². The third-order valence-corrected chi connectivity index (χ3v) is 5.26. The lowest BCUT2D eigenvalue weighted by molar-refractivity contribution is -0.146. The summed E-state index contributed by atoms with van der Waals surface area (Å²) in [7, 11) is 1.40. The van der Waals surface area contributed by atoms with E-state index >= 15 is 0 Å². The maximum atomic E-state index is 13.3. The number of esters is 1. The number of hydrogen-bond acceptors (Lipinski definition) is 5. The van der Waals surface area contributed by atoms with Crippen LogP contribution in [0.3, 0.4) is 0 Å². The number of furan rings is 1. The average Bonchev–Trinajstić information content (AvgIpc) is 3.40. The van der Waals surface area contributed by atoms with E-state index in [1.54, 1.807) is 15.8 Å². The molecule has 0 saturated carbocycles. The van der Waals surface area contributed by atoms with Gasteiger partial charge in [0.1, 0.15) is 11.5 Å². The van der Waals surface area contributed by atoms with Crippen molar-refractivity contribution in [2.45, 2.75) is 19.8 Å². The van der Waals surface area contributed by atoms with Crippen molar-refractivity contribution in [1.82, 2.24) is 14.7 Å². The Bertz CT molecular complexity index is 1010. The standard InChI is InChI=1S/C22H23N3O4/c1-15-8-9-19(29-15)20-18(14-25(23-20)17-6-4-3-5-7-17)21(26)24-12-10-16(11-13-24)22(27)28-2/h3-9,14,16H,10-13H2,1-2H3. The first kappa shape index (κ1) is 19.0. The summed E-state index contributed by atoms with van der Waals surface area (Å²) in [5, 5.41) is 4.64. The number of carbonyl (C=O) groups excluding carboxylic acids is 2. The van der Waals surface area contributed by atoms with Gasteiger partial charge in [-0.15, -0.1) is 0 Å². The first-order valence-corrected chi connectivity index (χ1v) is 9.66. The molecule has 1 aliphatic heterocycles. The lowest BCUT2D eigenvalue weighted by Crippen LogP contribution is -2.40. The molecule has 3 aromatic rings. The van der Waals surface area contributed by atoms with E-state index in [2.05, 4.69) is 5.10 Å². The zero-order valence-electron chi connectivity index (χ0n) is 16.5. The molecular weight excluding hydrogens is 370 g/mol. The summed E-state index contributed by atoms with van der Waals surface area (Å²) >= 11 is 0. The number of likely N-dealkylation sites (tertiary alicyclic amines) is 1. The second kappa shape index (κ2) is 7.95. The van der Waals surface area contributed by atoms with Gasteiger partial charge in [0, 0.05) is 19.3 Å². The van der Waals surface area contributed by atoms with Crippen LogP contribution in [-0.2, 0) is 9.53 Å². The SMILES string of the molecule is COC(=O)C1CCN(C(=O)c2cn(-c3ccccc3)nc2-c2ccc(C)o2)CC1. The third kappa shape index (κ3) is 3.81. The normalized spacial score (nSPS) is 14.8. The molecular formula is C22H23N3O4. The molecule has 0 atom stereocenters. The quantitative estimate of drug-likeness (QED) is 0.635. The number of carbonyl (C=O) groups is 2. The molecule has 0 N–H and O–H groups in total. The summed E-state index contributed by atoms with van der Waals surface area (Å²) in [6, 6.07) is 13.3. The summed E-state index contributed by atoms with van der Waals surface area (Å²) in [6.45, 7) is 2.87. The average molecular weight is 393 g/mol. The second-order valence-corrected chi connectivity index (χ2v) is 7.17. The number of nitrogens with zero attached hydrogens (tertiary/aromatic N) is 3. The molecule has 150 valence electrons. The van der Waals surface area contributed by atoms with Crippen molar-refractivity contribution in [2.75, 3.05) is 20.2 Å². The predicted octanol–water partition coefficient (Wildman–Crippen LogP) is 3.47. The van der Waals surface area contributed by atoms with Gasteiger partial charge in [-0.25, -0.2) is 4.68 Å². The van der Waals surface area contributed by atoms with Crippen LogP contribution in [0.2, 0.25) is 0 Å². The molecule has 1 amide bonds. The van der Waals surface area contributed by atoms with Crippen LogP contribution in [-0.4, -0.2) is 46.8 Å². The van der Waals surface area contributed by atoms with Gasteiger partial charge in [0.25, 0.3) is 5.91 Å². The van der Waals surface area contributed by atoms with Crippen molar-refractivity contribution in [2.24, 2.45) is 5.92 Å². The number of benzene rings is 1. The highest BCUT2D eigenvalue weighted by atomic mass is 16.5. The van der Waals surface area contributed by atoms with Gasteiger partial charge in [0.05, 0.1) is 24.3 Å². The monoisotopic (exact) mass is 393 g/mol. The van der Waals surface area contributed by atoms with E-state index in [0.29, 0.717) is 42.9 Å². The van der Waals surface area contributed by atoms with Gasteiger partial charge < -0.3 is 14.1 Å². The minimum Gasteiger partial charge on any atom is -0.469 e. The first-order chi connectivity index (χ1) is 14.1. The van der Waals surface area contributed by atoms with Gasteiger partial charge in [-0.2, -0.15) is 5.10 Å². The fourth-order valence-electron chi connectivity index (χ4n) is 3.64. The Balaban J connectivity index is 1.64. The number of aromatic nitrogens is 2. The molecule has 0 aliphatic carbocycles. The van der Waals surface area contributed by atoms with E-state index in [1.807, 2.05) is 49.4 Å². The fourth-order valence-corrected chi connectivity index (χ4v) is 3.64. The van der Waals surface area contributed by atoms with E-state index < -0.39 is 0 Å². The maximum Gasteiger partial charge on any atom is 0.308 e. The number of aryl methyl sites for hydroxylation is 1. The highest BCUT2D eigenvalue weighted by Crippen LogP contribution is 2.28. The van der Waals surface area contributed by atoms with Gasteiger partial charge >= 0.3 is 5.97 Å². The summed E-state index contributed by atoms with van der Waals surface area (Å²) in [5.74, 6) is 0.847. The molecule has 2 aromatic heterocycles. The Morgan fingerprint density at radius 3 is 2.45 bits per heavy atom. The molecule has 1 aromatic carbocycles. The number of para-hydroxylation sites is 1. The molecule has 4 rings (SSSR count). The van der Waals surface area contributed by atoms with Gasteiger partial charge in [-0.3, -0.25) is 9.59 Å². The smallest absolute Gasteiger partial charge is 0.308 e. The summed E-state index contributed by atoms with van der Waals surface area (Å²) in [6.07, 6.45) is 2.94. The number of rotatable bonds is 4. The van der Waals surface area contributed by atoms with Crippen LogP contribution in [0.1, 0.15) is 29.0 Å². The van der Waals surface area contributed by atoms with Crippen molar-refractivity contribution in [3.05, 3.63) is 60.0 Å². The number of methoxy groups -OCH3 is 1. The second-order valence-electron chi connectivity index (χ2n) is 7.17. The van der Waals surface area contributed by atoms with E-state index in [9.17, 15) is 9.59 Å². The zero-order chi connectivity index (χ0) is 20.4. The minimum atomic E-state index is -0.208. The lowest BCUT2D eigenvalue weighted by Gasteiger charge is -2.30. The van der Waals surface area contributed by atoms with Crippen LogP contribution in [0.15, 0.2) is 53.1 Å². The fraction of sp³-hybridized carbons (Fsp3) is 0.318. The highest BCUT2D eigenvalue weighted by molar-refractivity contribution is 5.99. The third-order valence-electron chi connectivity index (χ3n) is 5.26. The van der Waals surface area contributed by atoms with Crippen molar-refractivity contribution in [3.63, 3.8) is 0 Å². The molecule has 0 spiro atoms. The lowest BCUT2D eigenvalue weighted by atomic mass is 9.96. The van der Waals surface area contributed by atoms with Crippen LogP contribution in [0.4, 0.5) is 0 Å².